The summed E-state index contributed by atoms with van der Waals surface area (Å²) in [6.45, 7) is 1.58. The van der Waals surface area contributed by atoms with E-state index in [1.165, 1.54) is 12.8 Å². The second kappa shape index (κ2) is 5.00. The second-order valence-electron chi connectivity index (χ2n) is 5.23. The molecule has 0 unspecified atom stereocenters. The highest BCUT2D eigenvalue weighted by molar-refractivity contribution is 8.00. The minimum absolute atomic E-state index is 0.0766. The predicted molar refractivity (Wildman–Crippen MR) is 76.9 cm³/mol. The van der Waals surface area contributed by atoms with Crippen LogP contribution in [0.4, 0.5) is 5.69 Å². The highest BCUT2D eigenvalue weighted by atomic mass is 32.2. The van der Waals surface area contributed by atoms with Crippen LogP contribution in [0, 0.1) is 0 Å². The number of amides is 1. The van der Waals surface area contributed by atoms with Crippen LogP contribution >= 0.6 is 11.8 Å². The number of thioether (sulfide) groups is 1. The lowest BCUT2D eigenvalue weighted by atomic mass is 10.1. The van der Waals surface area contributed by atoms with Gasteiger partial charge in [0, 0.05) is 16.5 Å². The molecule has 3 nitrogen and oxygen atoms in total. The lowest BCUT2D eigenvalue weighted by Gasteiger charge is -2.34. The number of carbonyl (C=O) groups excluding carboxylic acids is 2. The minimum Gasteiger partial charge on any atom is -0.308 e. The highest BCUT2D eigenvalue weighted by Gasteiger charge is 2.32. The number of rotatable bonds is 2. The van der Waals surface area contributed by atoms with Crippen molar-refractivity contribution in [2.24, 2.45) is 0 Å². The molecule has 1 aliphatic carbocycles. The average molecular weight is 275 g/mol. The lowest BCUT2D eigenvalue weighted by molar-refractivity contribution is -0.116. The molecule has 4 heteroatoms. The Hall–Kier alpha value is -1.29. The highest BCUT2D eigenvalue weighted by Crippen LogP contribution is 2.39. The maximum absolute atomic E-state index is 12.2. The standard InChI is InChI=1S/C15H17NO2S/c1-10(17)11-6-7-13-14(8-11)19-9-15(18)16(13)12-4-2-3-5-12/h6-8,12H,2-5,9H2,1H3. The van der Waals surface area contributed by atoms with Crippen LogP contribution in [0.25, 0.3) is 0 Å². The smallest absolute Gasteiger partial charge is 0.237 e. The van der Waals surface area contributed by atoms with Gasteiger partial charge in [-0.2, -0.15) is 0 Å². The number of nitrogens with zero attached hydrogens (tertiary/aromatic N) is 1. The molecule has 3 rings (SSSR count). The van der Waals surface area contributed by atoms with E-state index >= 15 is 0 Å². The summed E-state index contributed by atoms with van der Waals surface area (Å²) >= 11 is 1.55. The van der Waals surface area contributed by atoms with Crippen LogP contribution in [0.2, 0.25) is 0 Å². The van der Waals surface area contributed by atoms with E-state index < -0.39 is 0 Å². The quantitative estimate of drug-likeness (QED) is 0.777. The normalized spacial score (nSPS) is 19.6. The van der Waals surface area contributed by atoms with Crippen molar-refractivity contribution in [3.8, 4) is 0 Å². The molecule has 1 aliphatic heterocycles. The molecule has 1 heterocycles. The molecule has 1 amide bonds. The summed E-state index contributed by atoms with van der Waals surface area (Å²) in [5.74, 6) is 0.776. The summed E-state index contributed by atoms with van der Waals surface area (Å²) in [6, 6.07) is 6.06. The third-order valence-electron chi connectivity index (χ3n) is 3.94. The number of ketones is 1. The molecule has 0 bridgehead atoms. The Bertz CT molecular complexity index is 535. The molecule has 0 spiro atoms. The first-order valence-corrected chi connectivity index (χ1v) is 7.75. The van der Waals surface area contributed by atoms with Gasteiger partial charge in [0.2, 0.25) is 5.91 Å². The Morgan fingerprint density at radius 1 is 1.32 bits per heavy atom. The molecule has 1 saturated carbocycles. The Morgan fingerprint density at radius 2 is 2.05 bits per heavy atom. The van der Waals surface area contributed by atoms with Crippen molar-refractivity contribution in [1.29, 1.82) is 0 Å². The molecule has 0 aromatic heterocycles. The lowest BCUT2D eigenvalue weighted by Crippen LogP contribution is -2.42. The van der Waals surface area contributed by atoms with Crippen LogP contribution in [0.1, 0.15) is 43.0 Å². The summed E-state index contributed by atoms with van der Waals surface area (Å²) in [4.78, 5) is 26.7. The van der Waals surface area contributed by atoms with Gasteiger partial charge in [0.05, 0.1) is 11.4 Å². The zero-order chi connectivity index (χ0) is 13.4. The fourth-order valence-electron chi connectivity index (χ4n) is 2.95. The van der Waals surface area contributed by atoms with Crippen LogP contribution in [-0.2, 0) is 4.79 Å². The van der Waals surface area contributed by atoms with E-state index in [1.54, 1.807) is 18.7 Å². The largest absolute Gasteiger partial charge is 0.308 e. The summed E-state index contributed by atoms with van der Waals surface area (Å²) in [5.41, 5.74) is 1.73. The van der Waals surface area contributed by atoms with Crippen LogP contribution in [0.5, 0.6) is 0 Å². The summed E-state index contributed by atoms with van der Waals surface area (Å²) in [7, 11) is 0. The van der Waals surface area contributed by atoms with Crippen LogP contribution < -0.4 is 4.90 Å². The molecule has 0 saturated heterocycles. The number of carbonyl (C=O) groups is 2. The second-order valence-corrected chi connectivity index (χ2v) is 6.25. The number of fused-ring (bicyclic) bond motifs is 1. The molecular weight excluding hydrogens is 258 g/mol. The van der Waals surface area contributed by atoms with Gasteiger partial charge in [0.15, 0.2) is 5.78 Å². The molecule has 100 valence electrons. The molecule has 2 aliphatic rings. The fourth-order valence-corrected chi connectivity index (χ4v) is 3.90. The van der Waals surface area contributed by atoms with Crippen LogP contribution in [0.15, 0.2) is 23.1 Å². The topological polar surface area (TPSA) is 37.4 Å². The molecule has 1 aromatic rings. The Morgan fingerprint density at radius 3 is 2.74 bits per heavy atom. The summed E-state index contributed by atoms with van der Waals surface area (Å²) in [6.07, 6.45) is 4.62. The number of anilines is 1. The third kappa shape index (κ3) is 2.29. The van der Waals surface area contributed by atoms with Crippen molar-refractivity contribution >= 4 is 29.1 Å². The Kier molecular flexibility index (Phi) is 3.35. The van der Waals surface area contributed by atoms with Gasteiger partial charge in [-0.25, -0.2) is 0 Å². The van der Waals surface area contributed by atoms with Crippen molar-refractivity contribution in [1.82, 2.24) is 0 Å². The fraction of sp³-hybridized carbons (Fsp3) is 0.467. The first kappa shape index (κ1) is 12.7. The molecule has 0 N–H and O–H groups in total. The van der Waals surface area contributed by atoms with Gasteiger partial charge >= 0.3 is 0 Å². The molecule has 1 aromatic carbocycles. The SMILES string of the molecule is CC(=O)c1ccc2c(c1)SCC(=O)N2C1CCCC1. The van der Waals surface area contributed by atoms with Crippen molar-refractivity contribution in [3.63, 3.8) is 0 Å². The van der Waals surface area contributed by atoms with Gasteiger partial charge in [-0.05, 0) is 38.0 Å². The Balaban J connectivity index is 1.99. The van der Waals surface area contributed by atoms with Gasteiger partial charge < -0.3 is 4.90 Å². The van der Waals surface area contributed by atoms with Gasteiger partial charge in [-0.3, -0.25) is 9.59 Å². The van der Waals surface area contributed by atoms with E-state index in [-0.39, 0.29) is 11.7 Å². The zero-order valence-electron chi connectivity index (χ0n) is 11.0. The van der Waals surface area contributed by atoms with E-state index in [0.717, 1.165) is 29.0 Å². The van der Waals surface area contributed by atoms with E-state index in [0.29, 0.717) is 11.8 Å². The monoisotopic (exact) mass is 275 g/mol. The Labute approximate surface area is 117 Å². The summed E-state index contributed by atoms with van der Waals surface area (Å²) < 4.78 is 0. The van der Waals surface area contributed by atoms with E-state index in [2.05, 4.69) is 0 Å². The first-order valence-electron chi connectivity index (χ1n) is 6.76. The van der Waals surface area contributed by atoms with Crippen LogP contribution in [-0.4, -0.2) is 23.5 Å². The number of Topliss-reactive ketones (excluding diaryl/α,β-unsaturated/α-hetero) is 1. The van der Waals surface area contributed by atoms with Gasteiger partial charge in [-0.15, -0.1) is 11.8 Å². The molecule has 0 radical (unpaired) electrons. The maximum atomic E-state index is 12.2. The minimum atomic E-state index is 0.0766. The molecule has 19 heavy (non-hydrogen) atoms. The van der Waals surface area contributed by atoms with Gasteiger partial charge in [-0.1, -0.05) is 12.8 Å². The average Bonchev–Trinajstić information content (AvgIpc) is 2.91. The third-order valence-corrected chi connectivity index (χ3v) is 4.96. The van der Waals surface area contributed by atoms with Crippen molar-refractivity contribution in [2.75, 3.05) is 10.7 Å². The zero-order valence-corrected chi connectivity index (χ0v) is 11.8. The van der Waals surface area contributed by atoms with Crippen molar-refractivity contribution in [3.05, 3.63) is 23.8 Å². The number of benzene rings is 1. The first-order chi connectivity index (χ1) is 9.16. The molecule has 1 fully saturated rings. The van der Waals surface area contributed by atoms with Gasteiger partial charge in [0.25, 0.3) is 0 Å². The van der Waals surface area contributed by atoms with E-state index in [1.807, 2.05) is 23.1 Å². The maximum Gasteiger partial charge on any atom is 0.237 e. The number of hydrogen-bond acceptors (Lipinski definition) is 3. The van der Waals surface area contributed by atoms with Crippen molar-refractivity contribution < 1.29 is 9.59 Å². The molecular formula is C15H17NO2S. The van der Waals surface area contributed by atoms with Crippen molar-refractivity contribution in [2.45, 2.75) is 43.5 Å². The summed E-state index contributed by atoms with van der Waals surface area (Å²) in [5, 5.41) is 0. The van der Waals surface area contributed by atoms with E-state index in [4.69, 9.17) is 0 Å². The van der Waals surface area contributed by atoms with E-state index in [9.17, 15) is 9.59 Å². The molecule has 0 atom stereocenters. The predicted octanol–water partition coefficient (Wildman–Crippen LogP) is 3.27. The van der Waals surface area contributed by atoms with Crippen LogP contribution in [0.3, 0.4) is 0 Å². The van der Waals surface area contributed by atoms with Gasteiger partial charge in [0.1, 0.15) is 0 Å². The number of hydrogen-bond donors (Lipinski definition) is 0.